The molecule has 0 heteroatoms. The molecule has 0 saturated carbocycles. The standard InChI is InChI=1S/C6H10.2CH4/c1-6-4-2-3-5-6;;/h2-3,6H,4-5H2,1H3;2*1H4. The predicted molar refractivity (Wildman–Crippen MR) is 41.0 cm³/mol. The summed E-state index contributed by atoms with van der Waals surface area (Å²) >= 11 is 0. The highest BCUT2D eigenvalue weighted by molar-refractivity contribution is 4.92. The highest BCUT2D eigenvalue weighted by Gasteiger charge is 1.99. The molecule has 0 saturated heterocycles. The molecule has 1 aliphatic carbocycles. The van der Waals surface area contributed by atoms with Gasteiger partial charge in [-0.1, -0.05) is 33.9 Å². The lowest BCUT2D eigenvalue weighted by Gasteiger charge is -1.92. The summed E-state index contributed by atoms with van der Waals surface area (Å²) in [5, 5.41) is 0. The van der Waals surface area contributed by atoms with E-state index in [1.807, 2.05) is 0 Å². The smallest absolute Gasteiger partial charge is 0.0322 e. The van der Waals surface area contributed by atoms with Crippen molar-refractivity contribution in [1.29, 1.82) is 0 Å². The molecule has 0 heterocycles. The Labute approximate surface area is 53.6 Å². The van der Waals surface area contributed by atoms with E-state index in [1.165, 1.54) is 12.8 Å². The number of hydrogen-bond donors (Lipinski definition) is 0. The molecule has 0 radical (unpaired) electrons. The molecular formula is C8H18. The zero-order valence-corrected chi connectivity index (χ0v) is 4.15. The summed E-state index contributed by atoms with van der Waals surface area (Å²) in [5.74, 6) is 0.935. The third-order valence-corrected chi connectivity index (χ3v) is 1.24. The van der Waals surface area contributed by atoms with Crippen LogP contribution in [-0.4, -0.2) is 0 Å². The van der Waals surface area contributed by atoms with E-state index in [0.29, 0.717) is 0 Å². The zero-order valence-electron chi connectivity index (χ0n) is 4.15. The topological polar surface area (TPSA) is 0 Å². The van der Waals surface area contributed by atoms with Crippen molar-refractivity contribution in [3.05, 3.63) is 12.2 Å². The van der Waals surface area contributed by atoms with Crippen LogP contribution in [0, 0.1) is 5.92 Å². The zero-order chi connectivity index (χ0) is 4.41. The largest absolute Gasteiger partial charge is 0.0883 e. The lowest BCUT2D eigenvalue weighted by atomic mass is 10.1. The number of allylic oxidation sites excluding steroid dienone is 2. The fraction of sp³-hybridized carbons (Fsp3) is 0.750. The number of rotatable bonds is 0. The summed E-state index contributed by atoms with van der Waals surface area (Å²) in [4.78, 5) is 0. The quantitative estimate of drug-likeness (QED) is 0.424. The molecular weight excluding hydrogens is 96.1 g/mol. The molecule has 0 aromatic heterocycles. The van der Waals surface area contributed by atoms with Gasteiger partial charge in [0.1, 0.15) is 0 Å². The van der Waals surface area contributed by atoms with Gasteiger partial charge in [0.05, 0.1) is 0 Å². The van der Waals surface area contributed by atoms with Crippen molar-refractivity contribution in [3.8, 4) is 0 Å². The highest BCUT2D eigenvalue weighted by atomic mass is 14.1. The van der Waals surface area contributed by atoms with Gasteiger partial charge >= 0.3 is 0 Å². The predicted octanol–water partition coefficient (Wildman–Crippen LogP) is 3.24. The molecule has 0 aromatic carbocycles. The van der Waals surface area contributed by atoms with Crippen LogP contribution >= 0.6 is 0 Å². The van der Waals surface area contributed by atoms with Gasteiger partial charge in [0, 0.05) is 0 Å². The maximum absolute atomic E-state index is 2.28. The SMILES string of the molecule is C.C.CC1CC=CC1. The fourth-order valence-corrected chi connectivity index (χ4v) is 0.753. The van der Waals surface area contributed by atoms with Gasteiger partial charge < -0.3 is 0 Å². The van der Waals surface area contributed by atoms with Crippen molar-refractivity contribution in [2.24, 2.45) is 5.92 Å². The monoisotopic (exact) mass is 114 g/mol. The van der Waals surface area contributed by atoms with Gasteiger partial charge in [0.2, 0.25) is 0 Å². The molecule has 0 aliphatic heterocycles. The minimum absolute atomic E-state index is 0. The molecule has 0 atom stereocenters. The fourth-order valence-electron chi connectivity index (χ4n) is 0.753. The van der Waals surface area contributed by atoms with Gasteiger partial charge in [-0.05, 0) is 18.8 Å². The summed E-state index contributed by atoms with van der Waals surface area (Å²) in [5.41, 5.74) is 0. The van der Waals surface area contributed by atoms with Crippen LogP contribution in [0.15, 0.2) is 12.2 Å². The minimum Gasteiger partial charge on any atom is -0.0883 e. The van der Waals surface area contributed by atoms with Crippen LogP contribution in [0.5, 0.6) is 0 Å². The summed E-state index contributed by atoms with van der Waals surface area (Å²) in [7, 11) is 0. The molecule has 0 unspecified atom stereocenters. The average molecular weight is 114 g/mol. The highest BCUT2D eigenvalue weighted by Crippen LogP contribution is 2.15. The molecule has 1 aliphatic rings. The van der Waals surface area contributed by atoms with Gasteiger partial charge in [-0.3, -0.25) is 0 Å². The first-order valence-corrected chi connectivity index (χ1v) is 2.54. The normalized spacial score (nSPS) is 17.1. The van der Waals surface area contributed by atoms with E-state index in [2.05, 4.69) is 19.1 Å². The molecule has 0 nitrogen and oxygen atoms in total. The van der Waals surface area contributed by atoms with Crippen molar-refractivity contribution in [2.45, 2.75) is 34.6 Å². The molecule has 8 heavy (non-hydrogen) atoms. The molecule has 0 spiro atoms. The third-order valence-electron chi connectivity index (χ3n) is 1.24. The summed E-state index contributed by atoms with van der Waals surface area (Å²) in [6.45, 7) is 2.28. The van der Waals surface area contributed by atoms with Crippen molar-refractivity contribution >= 4 is 0 Å². The van der Waals surface area contributed by atoms with Crippen LogP contribution in [-0.2, 0) is 0 Å². The van der Waals surface area contributed by atoms with E-state index in [0.717, 1.165) is 5.92 Å². The molecule has 0 fully saturated rings. The van der Waals surface area contributed by atoms with Gasteiger partial charge in [-0.2, -0.15) is 0 Å². The average Bonchev–Trinajstić information content (AvgIpc) is 1.86. The first-order chi connectivity index (χ1) is 2.89. The van der Waals surface area contributed by atoms with Crippen molar-refractivity contribution in [1.82, 2.24) is 0 Å². The minimum atomic E-state index is 0. The van der Waals surface area contributed by atoms with Crippen LogP contribution in [0.25, 0.3) is 0 Å². The Bertz CT molecular complexity index is 54.4. The third kappa shape index (κ3) is 2.84. The van der Waals surface area contributed by atoms with Gasteiger partial charge in [0.25, 0.3) is 0 Å². The summed E-state index contributed by atoms with van der Waals surface area (Å²) < 4.78 is 0. The van der Waals surface area contributed by atoms with E-state index in [4.69, 9.17) is 0 Å². The molecule has 0 aromatic rings. The van der Waals surface area contributed by atoms with Gasteiger partial charge in [0.15, 0.2) is 0 Å². The van der Waals surface area contributed by atoms with Gasteiger partial charge in [-0.25, -0.2) is 0 Å². The molecule has 50 valence electrons. The van der Waals surface area contributed by atoms with E-state index in [1.54, 1.807) is 0 Å². The summed E-state index contributed by atoms with van der Waals surface area (Å²) in [6, 6.07) is 0. The maximum atomic E-state index is 2.28. The second-order valence-electron chi connectivity index (χ2n) is 2.05. The molecule has 0 N–H and O–H groups in total. The summed E-state index contributed by atoms with van der Waals surface area (Å²) in [6.07, 6.45) is 7.12. The van der Waals surface area contributed by atoms with E-state index in [-0.39, 0.29) is 14.9 Å². The Hall–Kier alpha value is -0.260. The number of hydrogen-bond acceptors (Lipinski definition) is 0. The Morgan fingerprint density at radius 1 is 1.12 bits per heavy atom. The lowest BCUT2D eigenvalue weighted by Crippen LogP contribution is -1.79. The Kier molecular flexibility index (Phi) is 6.52. The molecule has 1 rings (SSSR count). The molecule has 0 amide bonds. The van der Waals surface area contributed by atoms with Crippen LogP contribution in [0.3, 0.4) is 0 Å². The maximum Gasteiger partial charge on any atom is -0.0322 e. The second kappa shape index (κ2) is 4.89. The Morgan fingerprint density at radius 3 is 1.62 bits per heavy atom. The van der Waals surface area contributed by atoms with E-state index in [9.17, 15) is 0 Å². The van der Waals surface area contributed by atoms with Crippen LogP contribution in [0.2, 0.25) is 0 Å². The van der Waals surface area contributed by atoms with Crippen LogP contribution < -0.4 is 0 Å². The van der Waals surface area contributed by atoms with Crippen molar-refractivity contribution in [2.75, 3.05) is 0 Å². The first-order valence-electron chi connectivity index (χ1n) is 2.54. The first kappa shape index (κ1) is 10.7. The second-order valence-corrected chi connectivity index (χ2v) is 2.05. The Balaban J connectivity index is 0. The van der Waals surface area contributed by atoms with Gasteiger partial charge in [-0.15, -0.1) is 0 Å². The van der Waals surface area contributed by atoms with Crippen LogP contribution in [0.4, 0.5) is 0 Å². The van der Waals surface area contributed by atoms with Crippen LogP contribution in [0.1, 0.15) is 34.6 Å². The molecule has 0 bridgehead atoms. The Morgan fingerprint density at radius 2 is 1.50 bits per heavy atom. The van der Waals surface area contributed by atoms with Crippen molar-refractivity contribution in [3.63, 3.8) is 0 Å². The van der Waals surface area contributed by atoms with Crippen molar-refractivity contribution < 1.29 is 0 Å². The van der Waals surface area contributed by atoms with E-state index >= 15 is 0 Å². The van der Waals surface area contributed by atoms with E-state index < -0.39 is 0 Å². The lowest BCUT2D eigenvalue weighted by molar-refractivity contribution is 0.638.